The van der Waals surface area contributed by atoms with Crippen molar-refractivity contribution in [3.05, 3.63) is 12.1 Å². The number of nitrogens with zero attached hydrogens (tertiary/aromatic N) is 3. The van der Waals surface area contributed by atoms with E-state index in [4.69, 9.17) is 9.47 Å². The minimum atomic E-state index is -1.20. The fourth-order valence-corrected chi connectivity index (χ4v) is 1.75. The second-order valence-electron chi connectivity index (χ2n) is 4.56. The maximum atomic E-state index is 11.3. The Labute approximate surface area is 109 Å². The fraction of sp³-hybridized carbons (Fsp3) is 0.417. The Kier molecular flexibility index (Phi) is 3.05. The molecule has 0 bridgehead atoms. The summed E-state index contributed by atoms with van der Waals surface area (Å²) in [4.78, 5) is 11.3. The van der Waals surface area contributed by atoms with Gasteiger partial charge in [0.05, 0.1) is 19.7 Å². The van der Waals surface area contributed by atoms with E-state index in [0.29, 0.717) is 22.5 Å². The van der Waals surface area contributed by atoms with Crippen LogP contribution in [0.1, 0.15) is 13.8 Å². The van der Waals surface area contributed by atoms with Crippen LogP contribution in [-0.4, -0.2) is 40.3 Å². The van der Waals surface area contributed by atoms with Gasteiger partial charge in [0.2, 0.25) is 0 Å². The van der Waals surface area contributed by atoms with Gasteiger partial charge in [0.25, 0.3) is 0 Å². The van der Waals surface area contributed by atoms with E-state index in [9.17, 15) is 9.90 Å². The smallest absolute Gasteiger partial charge is 0.331 e. The van der Waals surface area contributed by atoms with Crippen molar-refractivity contribution in [3.8, 4) is 11.5 Å². The molecule has 1 heterocycles. The van der Waals surface area contributed by atoms with Crippen molar-refractivity contribution in [2.24, 2.45) is 0 Å². The predicted octanol–water partition coefficient (Wildman–Crippen LogP) is 1.27. The minimum Gasteiger partial charge on any atom is -0.493 e. The highest BCUT2D eigenvalue weighted by Gasteiger charge is 2.32. The zero-order chi connectivity index (χ0) is 14.2. The van der Waals surface area contributed by atoms with E-state index in [-0.39, 0.29) is 0 Å². The Bertz CT molecular complexity index is 633. The number of aliphatic carboxylic acids is 1. The standard InChI is InChI=1S/C12H15N3O4/c1-12(2,11(16)17)15-8-6-10(19-4)9(18-3)5-7(8)13-14-15/h5-6H,1-4H3,(H,16,17). The maximum absolute atomic E-state index is 11.3. The van der Waals surface area contributed by atoms with Gasteiger partial charge in [-0.3, -0.25) is 0 Å². The molecule has 1 aromatic heterocycles. The lowest BCUT2D eigenvalue weighted by Gasteiger charge is -2.20. The van der Waals surface area contributed by atoms with Crippen molar-refractivity contribution in [2.75, 3.05) is 14.2 Å². The molecule has 0 saturated heterocycles. The number of hydrogen-bond donors (Lipinski definition) is 1. The van der Waals surface area contributed by atoms with Gasteiger partial charge in [-0.05, 0) is 13.8 Å². The maximum Gasteiger partial charge on any atom is 0.331 e. The quantitative estimate of drug-likeness (QED) is 0.895. The van der Waals surface area contributed by atoms with Crippen LogP contribution in [0, 0.1) is 0 Å². The van der Waals surface area contributed by atoms with Crippen molar-refractivity contribution in [1.82, 2.24) is 15.0 Å². The Morgan fingerprint density at radius 3 is 2.37 bits per heavy atom. The first-order valence-corrected chi connectivity index (χ1v) is 5.63. The molecule has 7 heteroatoms. The molecular weight excluding hydrogens is 250 g/mol. The van der Waals surface area contributed by atoms with Crippen LogP contribution in [0.15, 0.2) is 12.1 Å². The molecule has 0 saturated carbocycles. The summed E-state index contributed by atoms with van der Waals surface area (Å²) in [6.45, 7) is 3.11. The van der Waals surface area contributed by atoms with Crippen LogP contribution >= 0.6 is 0 Å². The number of rotatable bonds is 4. The highest BCUT2D eigenvalue weighted by Crippen LogP contribution is 2.32. The summed E-state index contributed by atoms with van der Waals surface area (Å²) in [6.07, 6.45) is 0. The average molecular weight is 265 g/mol. The molecule has 0 aliphatic carbocycles. The minimum absolute atomic E-state index is 0.500. The largest absolute Gasteiger partial charge is 0.493 e. The molecule has 7 nitrogen and oxygen atoms in total. The number of carbonyl (C=O) groups is 1. The summed E-state index contributed by atoms with van der Waals surface area (Å²) in [5, 5.41) is 17.1. The van der Waals surface area contributed by atoms with E-state index in [0.717, 1.165) is 0 Å². The molecule has 1 N–H and O–H groups in total. The summed E-state index contributed by atoms with van der Waals surface area (Å²) in [5.41, 5.74) is -0.0778. The zero-order valence-electron chi connectivity index (χ0n) is 11.2. The molecule has 2 rings (SSSR count). The number of hydrogen-bond acceptors (Lipinski definition) is 5. The van der Waals surface area contributed by atoms with E-state index in [1.165, 1.54) is 18.9 Å². The second kappa shape index (κ2) is 4.42. The summed E-state index contributed by atoms with van der Waals surface area (Å²) >= 11 is 0. The SMILES string of the molecule is COc1cc2nnn(C(C)(C)C(=O)O)c2cc1OC. The molecular formula is C12H15N3O4. The molecule has 0 radical (unpaired) electrons. The molecule has 0 aliphatic rings. The van der Waals surface area contributed by atoms with Crippen molar-refractivity contribution >= 4 is 17.0 Å². The van der Waals surface area contributed by atoms with E-state index in [1.54, 1.807) is 26.0 Å². The van der Waals surface area contributed by atoms with E-state index in [1.807, 2.05) is 0 Å². The molecule has 0 unspecified atom stereocenters. The first-order valence-electron chi connectivity index (χ1n) is 5.63. The summed E-state index contributed by atoms with van der Waals surface area (Å²) in [5.74, 6) is 0.0315. The Morgan fingerprint density at radius 2 is 1.84 bits per heavy atom. The first-order chi connectivity index (χ1) is 8.91. The molecule has 0 spiro atoms. The van der Waals surface area contributed by atoms with E-state index >= 15 is 0 Å². The monoisotopic (exact) mass is 265 g/mol. The van der Waals surface area contributed by atoms with Crippen LogP contribution in [0.4, 0.5) is 0 Å². The third-order valence-electron chi connectivity index (χ3n) is 3.00. The normalized spacial score (nSPS) is 11.6. The van der Waals surface area contributed by atoms with Gasteiger partial charge in [-0.15, -0.1) is 5.10 Å². The van der Waals surface area contributed by atoms with Crippen LogP contribution in [0.2, 0.25) is 0 Å². The number of ether oxygens (including phenoxy) is 2. The molecule has 0 amide bonds. The van der Waals surface area contributed by atoms with Gasteiger partial charge in [0.1, 0.15) is 5.52 Å². The van der Waals surface area contributed by atoms with Crippen molar-refractivity contribution in [1.29, 1.82) is 0 Å². The predicted molar refractivity (Wildman–Crippen MR) is 67.6 cm³/mol. The van der Waals surface area contributed by atoms with Crippen molar-refractivity contribution in [3.63, 3.8) is 0 Å². The van der Waals surface area contributed by atoms with Gasteiger partial charge >= 0.3 is 5.97 Å². The molecule has 2 aromatic rings. The van der Waals surface area contributed by atoms with E-state index in [2.05, 4.69) is 10.3 Å². The Balaban J connectivity index is 2.70. The summed E-state index contributed by atoms with van der Waals surface area (Å²) in [7, 11) is 3.04. The van der Waals surface area contributed by atoms with Gasteiger partial charge in [-0.2, -0.15) is 0 Å². The number of carboxylic acids is 1. The topological polar surface area (TPSA) is 86.5 Å². The van der Waals surface area contributed by atoms with Gasteiger partial charge in [-0.1, -0.05) is 5.21 Å². The number of methoxy groups -OCH3 is 2. The number of benzene rings is 1. The molecule has 19 heavy (non-hydrogen) atoms. The third-order valence-corrected chi connectivity index (χ3v) is 3.00. The van der Waals surface area contributed by atoms with Gasteiger partial charge in [0.15, 0.2) is 17.0 Å². The lowest BCUT2D eigenvalue weighted by atomic mass is 10.1. The lowest BCUT2D eigenvalue weighted by Crippen LogP contribution is -2.36. The van der Waals surface area contributed by atoms with Crippen LogP contribution in [0.5, 0.6) is 11.5 Å². The van der Waals surface area contributed by atoms with E-state index < -0.39 is 11.5 Å². The third kappa shape index (κ3) is 1.96. The zero-order valence-corrected chi connectivity index (χ0v) is 11.2. The number of aromatic nitrogens is 3. The van der Waals surface area contributed by atoms with Crippen LogP contribution in [0.3, 0.4) is 0 Å². The molecule has 0 aliphatic heterocycles. The molecule has 0 atom stereocenters. The molecule has 0 fully saturated rings. The average Bonchev–Trinajstić information content (AvgIpc) is 2.79. The Morgan fingerprint density at radius 1 is 1.26 bits per heavy atom. The Hall–Kier alpha value is -2.31. The van der Waals surface area contributed by atoms with Gasteiger partial charge in [0, 0.05) is 12.1 Å². The highest BCUT2D eigenvalue weighted by molar-refractivity contribution is 5.83. The summed E-state index contributed by atoms with van der Waals surface area (Å²) < 4.78 is 11.7. The fourth-order valence-electron chi connectivity index (χ4n) is 1.75. The second-order valence-corrected chi connectivity index (χ2v) is 4.56. The molecule has 102 valence electrons. The van der Waals surface area contributed by atoms with Crippen LogP contribution in [-0.2, 0) is 10.3 Å². The highest BCUT2D eigenvalue weighted by atomic mass is 16.5. The number of fused-ring (bicyclic) bond motifs is 1. The molecule has 1 aromatic carbocycles. The van der Waals surface area contributed by atoms with Crippen molar-refractivity contribution < 1.29 is 19.4 Å². The van der Waals surface area contributed by atoms with Crippen LogP contribution < -0.4 is 9.47 Å². The van der Waals surface area contributed by atoms with Gasteiger partial charge < -0.3 is 14.6 Å². The lowest BCUT2D eigenvalue weighted by molar-refractivity contribution is -0.146. The summed E-state index contributed by atoms with van der Waals surface area (Å²) in [6, 6.07) is 3.33. The first kappa shape index (κ1) is 13.1. The van der Waals surface area contributed by atoms with Gasteiger partial charge in [-0.25, -0.2) is 9.48 Å². The number of carboxylic acid groups (broad SMARTS) is 1. The van der Waals surface area contributed by atoms with Crippen LogP contribution in [0.25, 0.3) is 11.0 Å². The van der Waals surface area contributed by atoms with Crippen molar-refractivity contribution in [2.45, 2.75) is 19.4 Å².